The highest BCUT2D eigenvalue weighted by molar-refractivity contribution is 7.92. The van der Waals surface area contributed by atoms with Crippen LogP contribution in [0.3, 0.4) is 0 Å². The molecular weight excluding hydrogens is 485 g/mol. The molecule has 13 heteroatoms. The van der Waals surface area contributed by atoms with Gasteiger partial charge in [-0.2, -0.15) is 0 Å². The topological polar surface area (TPSA) is 79.0 Å². The molecule has 1 amide bonds. The third-order valence-electron chi connectivity index (χ3n) is 5.15. The first-order valence-corrected chi connectivity index (χ1v) is 11.9. The van der Waals surface area contributed by atoms with E-state index in [1.807, 2.05) is 9.62 Å². The van der Waals surface area contributed by atoms with Crippen molar-refractivity contribution in [3.05, 3.63) is 59.2 Å². The van der Waals surface area contributed by atoms with Crippen LogP contribution < -0.4 is 9.46 Å². The highest BCUT2D eigenvalue weighted by Gasteiger charge is 2.33. The average molecular weight is 509 g/mol. The molecule has 1 saturated heterocycles. The number of hydrogen-bond acceptors (Lipinski definition) is 5. The van der Waals surface area contributed by atoms with Crippen molar-refractivity contribution in [2.24, 2.45) is 0 Å². The van der Waals surface area contributed by atoms with Gasteiger partial charge in [0.05, 0.1) is 11.4 Å². The van der Waals surface area contributed by atoms with Gasteiger partial charge in [-0.15, -0.1) is 13.2 Å². The van der Waals surface area contributed by atoms with Crippen LogP contribution in [0, 0.1) is 11.6 Å². The number of amides is 1. The number of sulfonamides is 1. The van der Waals surface area contributed by atoms with Crippen molar-refractivity contribution in [3.8, 4) is 5.75 Å². The van der Waals surface area contributed by atoms with E-state index >= 15 is 0 Å². The maximum atomic E-state index is 13.4. The first-order valence-electron chi connectivity index (χ1n) is 10.2. The van der Waals surface area contributed by atoms with E-state index in [9.17, 15) is 35.2 Å². The zero-order chi connectivity index (χ0) is 25.1. The molecule has 1 aliphatic heterocycles. The number of alkyl halides is 3. The van der Waals surface area contributed by atoms with Gasteiger partial charge in [-0.05, 0) is 42.8 Å². The maximum absolute atomic E-state index is 13.4. The largest absolute Gasteiger partial charge is 0.573 e. The fraction of sp³-hybridized carbons (Fsp3) is 0.381. The zero-order valence-electron chi connectivity index (χ0n) is 18.0. The van der Waals surface area contributed by atoms with Gasteiger partial charge in [-0.3, -0.25) is 14.4 Å². The van der Waals surface area contributed by atoms with E-state index in [0.29, 0.717) is 25.2 Å². The number of carbonyl (C=O) groups is 1. The summed E-state index contributed by atoms with van der Waals surface area (Å²) in [5.74, 6) is -3.65. The van der Waals surface area contributed by atoms with Crippen LogP contribution in [0.1, 0.15) is 24.3 Å². The molecule has 188 valence electrons. The van der Waals surface area contributed by atoms with Gasteiger partial charge in [0.15, 0.2) is 17.4 Å². The second kappa shape index (κ2) is 10.1. The van der Waals surface area contributed by atoms with Gasteiger partial charge in [0.2, 0.25) is 10.0 Å². The van der Waals surface area contributed by atoms with E-state index in [1.54, 1.807) is 0 Å². The lowest BCUT2D eigenvalue weighted by Gasteiger charge is -2.35. The standard InChI is InChI=1S/C21H22F5N3O4S.H2/c1-2-34(31,32)27-18-6-4-15(12-19(18)33-21(24,25)26)20(30)29-9-7-28(8-10-29)13-14-3-5-16(22)17(23)11-14;/h3-6,11-12,27H,2,7-10,13H2,1H3;1H. The highest BCUT2D eigenvalue weighted by atomic mass is 32.2. The van der Waals surface area contributed by atoms with Gasteiger partial charge in [0.1, 0.15) is 0 Å². The molecule has 1 fully saturated rings. The van der Waals surface area contributed by atoms with Gasteiger partial charge in [0, 0.05) is 39.7 Å². The van der Waals surface area contributed by atoms with Gasteiger partial charge in [0.25, 0.3) is 5.91 Å². The summed E-state index contributed by atoms with van der Waals surface area (Å²) in [4.78, 5) is 16.2. The first kappa shape index (κ1) is 25.7. The van der Waals surface area contributed by atoms with Crippen molar-refractivity contribution in [1.29, 1.82) is 0 Å². The number of piperazine rings is 1. The molecule has 2 aromatic carbocycles. The first-order chi connectivity index (χ1) is 15.9. The van der Waals surface area contributed by atoms with Crippen molar-refractivity contribution in [2.75, 3.05) is 36.7 Å². The molecule has 0 spiro atoms. The quantitative estimate of drug-likeness (QED) is 0.574. The van der Waals surface area contributed by atoms with Gasteiger partial charge >= 0.3 is 6.36 Å². The van der Waals surface area contributed by atoms with Crippen molar-refractivity contribution in [1.82, 2.24) is 9.80 Å². The van der Waals surface area contributed by atoms with Gasteiger partial charge < -0.3 is 9.64 Å². The Morgan fingerprint density at radius 3 is 2.32 bits per heavy atom. The summed E-state index contributed by atoms with van der Waals surface area (Å²) in [6.45, 7) is 2.98. The Kier molecular flexibility index (Phi) is 7.66. The average Bonchev–Trinajstić information content (AvgIpc) is 2.76. The fourth-order valence-corrected chi connectivity index (χ4v) is 4.02. The van der Waals surface area contributed by atoms with Crippen LogP contribution in [0.2, 0.25) is 0 Å². The minimum Gasteiger partial charge on any atom is -0.404 e. The molecule has 0 aromatic heterocycles. The van der Waals surface area contributed by atoms with Crippen LogP contribution in [-0.4, -0.2) is 62.4 Å². The minimum absolute atomic E-state index is 0. The Morgan fingerprint density at radius 1 is 1.06 bits per heavy atom. The van der Waals surface area contributed by atoms with Crippen LogP contribution in [0.15, 0.2) is 36.4 Å². The summed E-state index contributed by atoms with van der Waals surface area (Å²) < 4.78 is 94.5. The van der Waals surface area contributed by atoms with E-state index in [4.69, 9.17) is 0 Å². The third kappa shape index (κ3) is 6.79. The Bertz CT molecular complexity index is 1160. The van der Waals surface area contributed by atoms with Crippen molar-refractivity contribution < 1.29 is 41.3 Å². The Balaban J connectivity index is 0.00000432. The molecule has 2 aromatic rings. The normalized spacial score (nSPS) is 15.3. The van der Waals surface area contributed by atoms with Crippen LogP contribution in [0.25, 0.3) is 0 Å². The van der Waals surface area contributed by atoms with Crippen LogP contribution >= 0.6 is 0 Å². The lowest BCUT2D eigenvalue weighted by molar-refractivity contribution is -0.274. The Hall–Kier alpha value is -2.93. The monoisotopic (exact) mass is 509 g/mol. The number of hydrogen-bond donors (Lipinski definition) is 1. The summed E-state index contributed by atoms with van der Waals surface area (Å²) in [5, 5.41) is 0. The smallest absolute Gasteiger partial charge is 0.404 e. The number of carbonyl (C=O) groups excluding carboxylic acids is 1. The molecule has 34 heavy (non-hydrogen) atoms. The molecule has 0 bridgehead atoms. The molecule has 0 atom stereocenters. The number of nitrogens with one attached hydrogen (secondary N) is 1. The van der Waals surface area contributed by atoms with Crippen LogP contribution in [0.4, 0.5) is 27.6 Å². The molecule has 7 nitrogen and oxygen atoms in total. The summed E-state index contributed by atoms with van der Waals surface area (Å²) >= 11 is 0. The number of anilines is 1. The number of benzene rings is 2. The number of nitrogens with zero attached hydrogens (tertiary/aromatic N) is 2. The predicted octanol–water partition coefficient (Wildman–Crippen LogP) is 3.83. The van der Waals surface area contributed by atoms with E-state index in [1.165, 1.54) is 24.0 Å². The van der Waals surface area contributed by atoms with Crippen LogP contribution in [-0.2, 0) is 16.6 Å². The molecular formula is C21H24F5N3O4S. The molecule has 0 saturated carbocycles. The number of halogens is 5. The van der Waals surface area contributed by atoms with E-state index in [-0.39, 0.29) is 25.8 Å². The molecule has 0 aliphatic carbocycles. The lowest BCUT2D eigenvalue weighted by Crippen LogP contribution is -2.48. The summed E-state index contributed by atoms with van der Waals surface area (Å²) in [5.41, 5.74) is 0.0255. The minimum atomic E-state index is -5.10. The fourth-order valence-electron chi connectivity index (χ4n) is 3.38. The van der Waals surface area contributed by atoms with E-state index in [2.05, 4.69) is 4.74 Å². The number of ether oxygens (including phenoxy) is 1. The van der Waals surface area contributed by atoms with Gasteiger partial charge in [-0.1, -0.05) is 6.07 Å². The van der Waals surface area contributed by atoms with Crippen molar-refractivity contribution in [3.63, 3.8) is 0 Å². The number of rotatable bonds is 7. The SMILES string of the molecule is CCS(=O)(=O)Nc1ccc(C(=O)N2CCN(Cc3ccc(F)c(F)c3)CC2)cc1OC(F)(F)F.[HH]. The Morgan fingerprint density at radius 2 is 1.74 bits per heavy atom. The molecule has 0 radical (unpaired) electrons. The van der Waals surface area contributed by atoms with Crippen molar-refractivity contribution in [2.45, 2.75) is 19.8 Å². The van der Waals surface area contributed by atoms with Gasteiger partial charge in [-0.25, -0.2) is 17.2 Å². The third-order valence-corrected chi connectivity index (χ3v) is 6.44. The zero-order valence-corrected chi connectivity index (χ0v) is 18.8. The molecule has 3 rings (SSSR count). The van der Waals surface area contributed by atoms with Crippen molar-refractivity contribution >= 4 is 21.6 Å². The summed E-state index contributed by atoms with van der Waals surface area (Å²) in [6, 6.07) is 6.70. The molecule has 0 unspecified atom stereocenters. The molecule has 1 heterocycles. The van der Waals surface area contributed by atoms with E-state index in [0.717, 1.165) is 24.3 Å². The van der Waals surface area contributed by atoms with E-state index < -0.39 is 45.4 Å². The molecule has 1 N–H and O–H groups in total. The predicted molar refractivity (Wildman–Crippen MR) is 116 cm³/mol. The Labute approximate surface area is 194 Å². The highest BCUT2D eigenvalue weighted by Crippen LogP contribution is 2.32. The summed E-state index contributed by atoms with van der Waals surface area (Å²) in [7, 11) is -3.88. The summed E-state index contributed by atoms with van der Waals surface area (Å²) in [6.07, 6.45) is -5.10. The maximum Gasteiger partial charge on any atom is 0.573 e. The molecule has 1 aliphatic rings. The second-order valence-electron chi connectivity index (χ2n) is 7.58. The second-order valence-corrected chi connectivity index (χ2v) is 9.59. The van der Waals surface area contributed by atoms with Crippen LogP contribution in [0.5, 0.6) is 5.75 Å². The lowest BCUT2D eigenvalue weighted by atomic mass is 10.1.